The maximum atomic E-state index is 6.17. The number of nitrogens with one attached hydrogen (secondary N) is 1. The molecule has 0 aliphatic carbocycles. The van der Waals surface area contributed by atoms with Crippen LogP contribution in [0.5, 0.6) is 0 Å². The lowest BCUT2D eigenvalue weighted by molar-refractivity contribution is 0.0872. The van der Waals surface area contributed by atoms with Crippen molar-refractivity contribution in [3.8, 4) is 0 Å². The van der Waals surface area contributed by atoms with E-state index >= 15 is 0 Å². The fourth-order valence-corrected chi connectivity index (χ4v) is 3.17. The van der Waals surface area contributed by atoms with Crippen molar-refractivity contribution >= 4 is 34.8 Å². The van der Waals surface area contributed by atoms with Gasteiger partial charge in [-0.3, -0.25) is 0 Å². The highest BCUT2D eigenvalue weighted by Gasteiger charge is 2.26. The minimum Gasteiger partial charge on any atom is -0.378 e. The Labute approximate surface area is 129 Å². The van der Waals surface area contributed by atoms with Crippen molar-refractivity contribution in [2.45, 2.75) is 32.4 Å². The van der Waals surface area contributed by atoms with Gasteiger partial charge in [-0.1, -0.05) is 41.7 Å². The Morgan fingerprint density at radius 1 is 1.26 bits per heavy atom. The largest absolute Gasteiger partial charge is 0.378 e. The van der Waals surface area contributed by atoms with Crippen LogP contribution in [0.2, 0.25) is 15.1 Å². The molecule has 1 aliphatic heterocycles. The zero-order valence-corrected chi connectivity index (χ0v) is 13.2. The first kappa shape index (κ1) is 15.4. The predicted octanol–water partition coefficient (Wildman–Crippen LogP) is 4.55. The van der Waals surface area contributed by atoms with Gasteiger partial charge in [-0.05, 0) is 30.9 Å². The maximum absolute atomic E-state index is 6.17. The molecule has 2 nitrogen and oxygen atoms in total. The summed E-state index contributed by atoms with van der Waals surface area (Å²) in [7, 11) is 0. The molecule has 1 aromatic carbocycles. The summed E-state index contributed by atoms with van der Waals surface area (Å²) in [5, 5.41) is 5.14. The number of hydrogen-bond donors (Lipinski definition) is 1. The van der Waals surface area contributed by atoms with Crippen molar-refractivity contribution < 1.29 is 4.74 Å². The van der Waals surface area contributed by atoms with Crippen LogP contribution in [0, 0.1) is 5.92 Å². The van der Waals surface area contributed by atoms with Gasteiger partial charge in [-0.15, -0.1) is 0 Å². The quantitative estimate of drug-likeness (QED) is 0.803. The molecule has 5 heteroatoms. The molecule has 106 valence electrons. The Morgan fingerprint density at radius 2 is 2.00 bits per heavy atom. The van der Waals surface area contributed by atoms with Crippen LogP contribution >= 0.6 is 34.8 Å². The molecule has 1 aromatic rings. The van der Waals surface area contributed by atoms with Crippen LogP contribution in [0.3, 0.4) is 0 Å². The van der Waals surface area contributed by atoms with Crippen molar-refractivity contribution in [2.24, 2.45) is 5.92 Å². The van der Waals surface area contributed by atoms with Crippen LogP contribution in [0.1, 0.15) is 25.3 Å². The molecule has 1 aliphatic rings. The van der Waals surface area contributed by atoms with Gasteiger partial charge >= 0.3 is 0 Å². The zero-order chi connectivity index (χ0) is 13.8. The van der Waals surface area contributed by atoms with Crippen LogP contribution in [0.15, 0.2) is 12.1 Å². The van der Waals surface area contributed by atoms with E-state index < -0.39 is 0 Å². The molecular formula is C14H18Cl3NO. The molecule has 0 bridgehead atoms. The van der Waals surface area contributed by atoms with Gasteiger partial charge in [0, 0.05) is 30.3 Å². The van der Waals surface area contributed by atoms with Gasteiger partial charge in [0.1, 0.15) is 0 Å². The second-order valence-electron chi connectivity index (χ2n) is 4.82. The SMILES string of the molecule is CCC1OCCC1CNCc1c(Cl)ccc(Cl)c1Cl. The van der Waals surface area contributed by atoms with E-state index in [4.69, 9.17) is 39.5 Å². The Bertz CT molecular complexity index is 439. The summed E-state index contributed by atoms with van der Waals surface area (Å²) in [6, 6.07) is 3.49. The van der Waals surface area contributed by atoms with Gasteiger partial charge in [-0.25, -0.2) is 0 Å². The summed E-state index contributed by atoms with van der Waals surface area (Å²) in [4.78, 5) is 0. The highest BCUT2D eigenvalue weighted by Crippen LogP contribution is 2.31. The number of halogens is 3. The lowest BCUT2D eigenvalue weighted by atomic mass is 9.99. The van der Waals surface area contributed by atoms with Gasteiger partial charge in [0.05, 0.1) is 16.1 Å². The normalized spacial score (nSPS) is 22.9. The van der Waals surface area contributed by atoms with Gasteiger partial charge in [0.2, 0.25) is 0 Å². The molecule has 1 N–H and O–H groups in total. The third-order valence-corrected chi connectivity index (χ3v) is 4.79. The van der Waals surface area contributed by atoms with Crippen molar-refractivity contribution in [3.05, 3.63) is 32.8 Å². The molecule has 1 fully saturated rings. The van der Waals surface area contributed by atoms with E-state index in [1.54, 1.807) is 12.1 Å². The molecular weight excluding hydrogens is 305 g/mol. The molecule has 0 saturated carbocycles. The first-order valence-electron chi connectivity index (χ1n) is 6.58. The number of ether oxygens (including phenoxy) is 1. The van der Waals surface area contributed by atoms with Crippen molar-refractivity contribution in [1.82, 2.24) is 5.32 Å². The highest BCUT2D eigenvalue weighted by atomic mass is 35.5. The van der Waals surface area contributed by atoms with Gasteiger partial charge in [0.25, 0.3) is 0 Å². The van der Waals surface area contributed by atoms with Gasteiger partial charge in [-0.2, -0.15) is 0 Å². The summed E-state index contributed by atoms with van der Waals surface area (Å²) in [5.41, 5.74) is 0.864. The standard InChI is InChI=1S/C14H18Cl3NO/c1-2-13-9(5-6-19-13)7-18-8-10-11(15)3-4-12(16)14(10)17/h3-4,9,13,18H,2,5-8H2,1H3. The lowest BCUT2D eigenvalue weighted by Gasteiger charge is -2.18. The zero-order valence-electron chi connectivity index (χ0n) is 10.9. The summed E-state index contributed by atoms with van der Waals surface area (Å²) < 4.78 is 5.67. The number of benzene rings is 1. The lowest BCUT2D eigenvalue weighted by Crippen LogP contribution is -2.28. The summed E-state index contributed by atoms with van der Waals surface area (Å²) in [6.07, 6.45) is 2.55. The molecule has 2 unspecified atom stereocenters. The second kappa shape index (κ2) is 7.14. The van der Waals surface area contributed by atoms with E-state index in [2.05, 4.69) is 12.2 Å². The molecule has 0 spiro atoms. The molecule has 2 rings (SSSR count). The van der Waals surface area contributed by atoms with E-state index in [-0.39, 0.29) is 0 Å². The summed E-state index contributed by atoms with van der Waals surface area (Å²) >= 11 is 18.3. The average molecular weight is 323 g/mol. The van der Waals surface area contributed by atoms with Crippen LogP contribution in [-0.4, -0.2) is 19.3 Å². The van der Waals surface area contributed by atoms with Crippen molar-refractivity contribution in [3.63, 3.8) is 0 Å². The fraction of sp³-hybridized carbons (Fsp3) is 0.571. The van der Waals surface area contributed by atoms with E-state index in [9.17, 15) is 0 Å². The van der Waals surface area contributed by atoms with E-state index in [0.29, 0.717) is 33.6 Å². The summed E-state index contributed by atoms with van der Waals surface area (Å²) in [6.45, 7) is 4.57. The smallest absolute Gasteiger partial charge is 0.0652 e. The van der Waals surface area contributed by atoms with Crippen LogP contribution in [-0.2, 0) is 11.3 Å². The summed E-state index contributed by atoms with van der Waals surface area (Å²) in [5.74, 6) is 0.571. The first-order chi connectivity index (χ1) is 9.13. The Morgan fingerprint density at radius 3 is 2.74 bits per heavy atom. The highest BCUT2D eigenvalue weighted by molar-refractivity contribution is 6.44. The number of rotatable bonds is 5. The molecule has 0 radical (unpaired) electrons. The van der Waals surface area contributed by atoms with Crippen LogP contribution in [0.25, 0.3) is 0 Å². The predicted molar refractivity (Wildman–Crippen MR) is 81.3 cm³/mol. The fourth-order valence-electron chi connectivity index (χ4n) is 2.49. The second-order valence-corrected chi connectivity index (χ2v) is 6.01. The van der Waals surface area contributed by atoms with Crippen LogP contribution < -0.4 is 5.32 Å². The monoisotopic (exact) mass is 321 g/mol. The Balaban J connectivity index is 1.91. The van der Waals surface area contributed by atoms with Crippen molar-refractivity contribution in [1.29, 1.82) is 0 Å². The third-order valence-electron chi connectivity index (χ3n) is 3.60. The first-order valence-corrected chi connectivity index (χ1v) is 7.71. The van der Waals surface area contributed by atoms with Crippen LogP contribution in [0.4, 0.5) is 0 Å². The third kappa shape index (κ3) is 3.77. The van der Waals surface area contributed by atoms with E-state index in [1.807, 2.05) is 0 Å². The molecule has 1 heterocycles. The Kier molecular flexibility index (Phi) is 5.79. The van der Waals surface area contributed by atoms with Gasteiger partial charge < -0.3 is 10.1 Å². The molecule has 1 saturated heterocycles. The van der Waals surface area contributed by atoms with E-state index in [1.165, 1.54) is 0 Å². The Hall–Kier alpha value is 0.01000. The minimum absolute atomic E-state index is 0.373. The number of hydrogen-bond acceptors (Lipinski definition) is 2. The van der Waals surface area contributed by atoms with Crippen molar-refractivity contribution in [2.75, 3.05) is 13.2 Å². The average Bonchev–Trinajstić information content (AvgIpc) is 2.85. The molecule has 0 amide bonds. The molecule has 0 aromatic heterocycles. The van der Waals surface area contributed by atoms with E-state index in [0.717, 1.165) is 31.6 Å². The van der Waals surface area contributed by atoms with Gasteiger partial charge in [0.15, 0.2) is 0 Å². The topological polar surface area (TPSA) is 21.3 Å². The minimum atomic E-state index is 0.373. The molecule has 2 atom stereocenters. The maximum Gasteiger partial charge on any atom is 0.0652 e. The molecule has 19 heavy (non-hydrogen) atoms.